The van der Waals surface area contributed by atoms with Crippen LogP contribution in [0.2, 0.25) is 0 Å². The Kier molecular flexibility index (Phi) is 4.32. The molecule has 1 amide bonds. The fourth-order valence-corrected chi connectivity index (χ4v) is 3.16. The van der Waals surface area contributed by atoms with Crippen LogP contribution in [0.1, 0.15) is 27.0 Å². The topological polar surface area (TPSA) is 80.4 Å². The van der Waals surface area contributed by atoms with Gasteiger partial charge in [-0.25, -0.2) is 0 Å². The maximum Gasteiger partial charge on any atom is 0.251 e. The molecule has 1 aromatic heterocycles. The highest BCUT2D eigenvalue weighted by Gasteiger charge is 2.16. The molecule has 4 rings (SSSR count). The van der Waals surface area contributed by atoms with Crippen LogP contribution in [0.25, 0.3) is 10.9 Å². The predicted octanol–water partition coefficient (Wildman–Crippen LogP) is 2.85. The third-order valence-electron chi connectivity index (χ3n) is 4.85. The van der Waals surface area contributed by atoms with Gasteiger partial charge in [0.1, 0.15) is 0 Å². The van der Waals surface area contributed by atoms with E-state index in [1.165, 1.54) is 5.56 Å². The summed E-state index contributed by atoms with van der Waals surface area (Å²) < 4.78 is 10.5. The van der Waals surface area contributed by atoms with Gasteiger partial charge in [-0.1, -0.05) is 0 Å². The highest BCUT2D eigenvalue weighted by molar-refractivity contribution is 5.95. The molecule has 0 unspecified atom stereocenters. The van der Waals surface area contributed by atoms with Crippen molar-refractivity contribution >= 4 is 16.8 Å². The van der Waals surface area contributed by atoms with Gasteiger partial charge in [-0.3, -0.25) is 9.59 Å². The number of aryl methyl sites for hydroxylation is 2. The predicted molar refractivity (Wildman–Crippen MR) is 103 cm³/mol. The normalized spacial score (nSPS) is 12.4. The molecule has 0 fully saturated rings. The highest BCUT2D eigenvalue weighted by atomic mass is 16.7. The average molecular weight is 364 g/mol. The van der Waals surface area contributed by atoms with E-state index < -0.39 is 0 Å². The van der Waals surface area contributed by atoms with E-state index in [9.17, 15) is 9.59 Å². The van der Waals surface area contributed by atoms with Crippen LogP contribution in [0.3, 0.4) is 0 Å². The minimum absolute atomic E-state index is 0.122. The molecule has 6 heteroatoms. The highest BCUT2D eigenvalue weighted by Crippen LogP contribution is 2.32. The lowest BCUT2D eigenvalue weighted by Crippen LogP contribution is -2.27. The number of ether oxygens (including phenoxy) is 2. The van der Waals surface area contributed by atoms with Crippen molar-refractivity contribution in [3.8, 4) is 11.5 Å². The van der Waals surface area contributed by atoms with Crippen molar-refractivity contribution in [3.63, 3.8) is 0 Å². The van der Waals surface area contributed by atoms with E-state index in [1.807, 2.05) is 26.0 Å². The molecule has 1 aliphatic heterocycles. The van der Waals surface area contributed by atoms with Crippen LogP contribution in [0.5, 0.6) is 11.5 Å². The molecule has 1 aliphatic rings. The molecule has 0 atom stereocenters. The zero-order valence-corrected chi connectivity index (χ0v) is 15.2. The van der Waals surface area contributed by atoms with Crippen LogP contribution >= 0.6 is 0 Å². The van der Waals surface area contributed by atoms with Crippen molar-refractivity contribution < 1.29 is 14.3 Å². The molecule has 27 heavy (non-hydrogen) atoms. The lowest BCUT2D eigenvalue weighted by molar-refractivity contribution is 0.0953. The smallest absolute Gasteiger partial charge is 0.251 e. The zero-order valence-electron chi connectivity index (χ0n) is 15.2. The Morgan fingerprint density at radius 1 is 1.07 bits per heavy atom. The number of rotatable bonds is 4. The Morgan fingerprint density at radius 2 is 1.85 bits per heavy atom. The maximum atomic E-state index is 12.3. The van der Waals surface area contributed by atoms with Crippen molar-refractivity contribution in [1.82, 2.24) is 10.3 Å². The van der Waals surface area contributed by atoms with Crippen molar-refractivity contribution in [2.75, 3.05) is 13.3 Å². The van der Waals surface area contributed by atoms with Crippen molar-refractivity contribution in [2.45, 2.75) is 20.3 Å². The quantitative estimate of drug-likeness (QED) is 0.746. The number of nitrogens with one attached hydrogen (secondary N) is 2. The second-order valence-corrected chi connectivity index (χ2v) is 6.72. The third kappa shape index (κ3) is 3.38. The summed E-state index contributed by atoms with van der Waals surface area (Å²) in [5, 5.41) is 3.84. The lowest BCUT2D eigenvalue weighted by Gasteiger charge is -2.08. The number of H-pyrrole nitrogens is 1. The maximum absolute atomic E-state index is 12.3. The second-order valence-electron chi connectivity index (χ2n) is 6.72. The van der Waals surface area contributed by atoms with Crippen LogP contribution in [-0.2, 0) is 6.42 Å². The monoisotopic (exact) mass is 364 g/mol. The van der Waals surface area contributed by atoms with E-state index in [-0.39, 0.29) is 18.3 Å². The molecule has 0 radical (unpaired) electrons. The average Bonchev–Trinajstić information content (AvgIpc) is 3.11. The fraction of sp³-hybridized carbons (Fsp3) is 0.238. The van der Waals surface area contributed by atoms with E-state index >= 15 is 0 Å². The molecule has 2 N–H and O–H groups in total. The molecule has 138 valence electrons. The van der Waals surface area contributed by atoms with Gasteiger partial charge < -0.3 is 19.8 Å². The number of aromatic amines is 1. The summed E-state index contributed by atoms with van der Waals surface area (Å²) in [5.74, 6) is 0.996. The molecule has 0 bridgehead atoms. The Labute approximate surface area is 156 Å². The number of hydrogen-bond acceptors (Lipinski definition) is 4. The van der Waals surface area contributed by atoms with E-state index in [2.05, 4.69) is 16.4 Å². The summed E-state index contributed by atoms with van der Waals surface area (Å²) in [5.41, 5.74) is 4.17. The number of carbonyl (C=O) groups is 1. The van der Waals surface area contributed by atoms with E-state index in [4.69, 9.17) is 9.47 Å². The van der Waals surface area contributed by atoms with Gasteiger partial charge in [0.05, 0.1) is 0 Å². The fourth-order valence-electron chi connectivity index (χ4n) is 3.16. The lowest BCUT2D eigenvalue weighted by atomic mass is 10.0. The number of hydrogen-bond donors (Lipinski definition) is 2. The molecule has 0 spiro atoms. The molecule has 0 aliphatic carbocycles. The van der Waals surface area contributed by atoms with E-state index in [0.29, 0.717) is 35.6 Å². The van der Waals surface area contributed by atoms with Crippen molar-refractivity contribution in [1.29, 1.82) is 0 Å². The summed E-state index contributed by atoms with van der Waals surface area (Å²) in [4.78, 5) is 27.6. The van der Waals surface area contributed by atoms with Crippen molar-refractivity contribution in [2.24, 2.45) is 0 Å². The minimum Gasteiger partial charge on any atom is -0.454 e. The number of amides is 1. The van der Waals surface area contributed by atoms with E-state index in [1.54, 1.807) is 18.2 Å². The largest absolute Gasteiger partial charge is 0.454 e. The minimum atomic E-state index is -0.211. The van der Waals surface area contributed by atoms with Gasteiger partial charge in [0.25, 0.3) is 11.5 Å². The molecule has 2 heterocycles. The van der Waals surface area contributed by atoms with E-state index in [0.717, 1.165) is 16.5 Å². The summed E-state index contributed by atoms with van der Waals surface area (Å²) >= 11 is 0. The molecule has 3 aromatic rings. The number of benzene rings is 2. The zero-order chi connectivity index (χ0) is 19.0. The number of pyridine rings is 1. The van der Waals surface area contributed by atoms with Crippen LogP contribution in [0.4, 0.5) is 0 Å². The van der Waals surface area contributed by atoms with Gasteiger partial charge in [0, 0.05) is 23.2 Å². The van der Waals surface area contributed by atoms with Gasteiger partial charge >= 0.3 is 0 Å². The number of carbonyl (C=O) groups excluding carboxylic acids is 1. The van der Waals surface area contributed by atoms with Crippen LogP contribution in [0.15, 0.2) is 41.2 Å². The first kappa shape index (κ1) is 17.1. The first-order valence-corrected chi connectivity index (χ1v) is 8.82. The summed E-state index contributed by atoms with van der Waals surface area (Å²) in [6.07, 6.45) is 0.453. The second kappa shape index (κ2) is 6.79. The Hall–Kier alpha value is -3.28. The van der Waals surface area contributed by atoms with Gasteiger partial charge in [-0.2, -0.15) is 0 Å². The first-order valence-electron chi connectivity index (χ1n) is 8.82. The van der Waals surface area contributed by atoms with Crippen LogP contribution in [0, 0.1) is 13.8 Å². The molecule has 0 saturated heterocycles. The summed E-state index contributed by atoms with van der Waals surface area (Å²) in [6.45, 7) is 4.61. The molecule has 2 aromatic carbocycles. The summed E-state index contributed by atoms with van der Waals surface area (Å²) in [6, 6.07) is 11.0. The Bertz CT molecular complexity index is 1100. The third-order valence-corrected chi connectivity index (χ3v) is 4.85. The molecule has 0 saturated carbocycles. The Morgan fingerprint density at radius 3 is 2.70 bits per heavy atom. The van der Waals surface area contributed by atoms with Gasteiger partial charge in [-0.15, -0.1) is 0 Å². The van der Waals surface area contributed by atoms with Crippen LogP contribution in [-0.4, -0.2) is 24.2 Å². The Balaban J connectivity index is 1.45. The molecular weight excluding hydrogens is 344 g/mol. The van der Waals surface area contributed by atoms with Gasteiger partial charge in [-0.05, 0) is 73.2 Å². The van der Waals surface area contributed by atoms with Crippen LogP contribution < -0.4 is 20.3 Å². The SMILES string of the molecule is Cc1cc2cc(CCNC(=O)c3ccc4c(c3)OCO4)c(=O)[nH]c2cc1C. The number of fused-ring (bicyclic) bond motifs is 2. The van der Waals surface area contributed by atoms with Crippen molar-refractivity contribution in [3.05, 3.63) is 69.0 Å². The molecular formula is C21H20N2O4. The van der Waals surface area contributed by atoms with Gasteiger partial charge in [0.15, 0.2) is 11.5 Å². The summed E-state index contributed by atoms with van der Waals surface area (Å²) in [7, 11) is 0. The first-order chi connectivity index (χ1) is 13.0. The standard InChI is InChI=1S/C21H20N2O4/c1-12-7-16-9-15(21(25)23-17(16)8-13(12)2)5-6-22-20(24)14-3-4-18-19(10-14)27-11-26-18/h3-4,7-10H,5-6,11H2,1-2H3,(H,22,24)(H,23,25). The molecule has 6 nitrogen and oxygen atoms in total. The van der Waals surface area contributed by atoms with Gasteiger partial charge in [0.2, 0.25) is 6.79 Å². The number of aromatic nitrogens is 1.